The minimum Gasteiger partial charge on any atom is -0.480 e. The van der Waals surface area contributed by atoms with Crippen molar-refractivity contribution in [2.24, 2.45) is 11.5 Å². The Labute approximate surface area is 201 Å². The highest BCUT2D eigenvalue weighted by atomic mass is 16.4. The lowest BCUT2D eigenvalue weighted by molar-refractivity contribution is -0.143. The van der Waals surface area contributed by atoms with Crippen molar-refractivity contribution in [2.75, 3.05) is 6.54 Å². The number of hydrogen-bond acceptors (Lipinski definition) is 7. The fourth-order valence-electron chi connectivity index (χ4n) is 3.60. The fraction of sp³-hybridized carbons (Fsp3) is 0.455. The van der Waals surface area contributed by atoms with E-state index in [-0.39, 0.29) is 6.42 Å². The molecule has 4 unspecified atom stereocenters. The lowest BCUT2D eigenvalue weighted by atomic mass is 10.0. The molecule has 4 atom stereocenters. The number of carbonyl (C=O) groups excluding carboxylic acids is 5. The Balaban J connectivity index is 2.20. The number of aliphatic carboxylic acids is 1. The second-order valence-electron chi connectivity index (χ2n) is 8.20. The van der Waals surface area contributed by atoms with E-state index < -0.39 is 72.5 Å². The molecule has 35 heavy (non-hydrogen) atoms. The van der Waals surface area contributed by atoms with Crippen LogP contribution in [0.25, 0.3) is 0 Å². The first kappa shape index (κ1) is 27.2. The van der Waals surface area contributed by atoms with Crippen LogP contribution in [0.15, 0.2) is 30.3 Å². The van der Waals surface area contributed by atoms with E-state index in [1.54, 1.807) is 30.3 Å². The van der Waals surface area contributed by atoms with Gasteiger partial charge in [0.1, 0.15) is 18.1 Å². The molecule has 1 aromatic rings. The van der Waals surface area contributed by atoms with Crippen molar-refractivity contribution in [2.45, 2.75) is 56.3 Å². The second-order valence-corrected chi connectivity index (χ2v) is 8.20. The van der Waals surface area contributed by atoms with Crippen LogP contribution in [0.1, 0.15) is 31.2 Å². The number of carbonyl (C=O) groups is 6. The second kappa shape index (κ2) is 13.0. The average molecular weight is 491 g/mol. The summed E-state index contributed by atoms with van der Waals surface area (Å²) in [6.45, 7) is 0.639. The molecule has 0 saturated carbocycles. The van der Waals surface area contributed by atoms with Crippen molar-refractivity contribution in [1.29, 1.82) is 0 Å². The minimum absolute atomic E-state index is 0.0389. The maximum atomic E-state index is 13.0. The number of primary amides is 2. The first-order valence-corrected chi connectivity index (χ1v) is 11.0. The van der Waals surface area contributed by atoms with Crippen molar-refractivity contribution in [1.82, 2.24) is 21.3 Å². The zero-order valence-corrected chi connectivity index (χ0v) is 19.0. The first-order chi connectivity index (χ1) is 16.6. The molecule has 190 valence electrons. The van der Waals surface area contributed by atoms with E-state index in [1.165, 1.54) is 0 Å². The molecule has 0 bridgehead atoms. The number of rotatable bonds is 13. The van der Waals surface area contributed by atoms with E-state index in [4.69, 9.17) is 11.5 Å². The van der Waals surface area contributed by atoms with E-state index in [9.17, 15) is 33.9 Å². The summed E-state index contributed by atoms with van der Waals surface area (Å²) in [5, 5.41) is 19.4. The molecule has 9 N–H and O–H groups in total. The summed E-state index contributed by atoms with van der Waals surface area (Å²) in [6.07, 6.45) is 0.139. The predicted octanol–water partition coefficient (Wildman–Crippen LogP) is -2.73. The number of carboxylic acid groups (broad SMARTS) is 1. The van der Waals surface area contributed by atoms with Gasteiger partial charge in [0.15, 0.2) is 0 Å². The van der Waals surface area contributed by atoms with Crippen molar-refractivity contribution in [3.63, 3.8) is 0 Å². The van der Waals surface area contributed by atoms with Gasteiger partial charge in [-0.15, -0.1) is 0 Å². The Morgan fingerprint density at radius 2 is 1.46 bits per heavy atom. The van der Waals surface area contributed by atoms with Gasteiger partial charge in [-0.1, -0.05) is 30.3 Å². The summed E-state index contributed by atoms with van der Waals surface area (Å²) in [6, 6.07) is 3.79. The highest BCUT2D eigenvalue weighted by Crippen LogP contribution is 2.08. The molecule has 2 rings (SSSR count). The molecule has 1 aromatic carbocycles. The molecule has 1 aliphatic rings. The van der Waals surface area contributed by atoms with Gasteiger partial charge in [-0.25, -0.2) is 4.79 Å². The summed E-state index contributed by atoms with van der Waals surface area (Å²) >= 11 is 0. The third kappa shape index (κ3) is 9.04. The van der Waals surface area contributed by atoms with Crippen molar-refractivity contribution < 1.29 is 33.9 Å². The van der Waals surface area contributed by atoms with E-state index in [1.807, 2.05) is 0 Å². The SMILES string of the molecule is NC(=O)CC(NC(=O)C(Cc1ccccc1)NC(=O)C(CC(N)=O)NC(=O)C1CCCN1)C(=O)O. The summed E-state index contributed by atoms with van der Waals surface area (Å²) in [5.74, 6) is -5.50. The standard InChI is InChI=1S/C22H30N6O7/c23-17(29)10-15(27-19(31)13-7-4-8-25-13)21(33)26-14(9-12-5-2-1-3-6-12)20(32)28-16(22(34)35)11-18(24)30/h1-3,5-6,13-16,25H,4,7-11H2,(H2,23,29)(H2,24,30)(H,26,33)(H,27,31)(H,28,32)(H,34,35). The molecule has 1 fully saturated rings. The third-order valence-electron chi connectivity index (χ3n) is 5.35. The van der Waals surface area contributed by atoms with Gasteiger partial charge in [0, 0.05) is 6.42 Å². The van der Waals surface area contributed by atoms with Crippen LogP contribution in [0.5, 0.6) is 0 Å². The van der Waals surface area contributed by atoms with Crippen LogP contribution in [0.2, 0.25) is 0 Å². The topological polar surface area (TPSA) is 223 Å². The Morgan fingerprint density at radius 3 is 2.00 bits per heavy atom. The molecule has 0 radical (unpaired) electrons. The lowest BCUT2D eigenvalue weighted by Crippen LogP contribution is -2.58. The Morgan fingerprint density at radius 1 is 0.886 bits per heavy atom. The first-order valence-electron chi connectivity index (χ1n) is 11.0. The van der Waals surface area contributed by atoms with Crippen LogP contribution >= 0.6 is 0 Å². The molecule has 1 saturated heterocycles. The molecule has 5 amide bonds. The quantitative estimate of drug-likeness (QED) is 0.153. The molecular weight excluding hydrogens is 460 g/mol. The number of carboxylic acids is 1. The van der Waals surface area contributed by atoms with Crippen LogP contribution in [-0.4, -0.2) is 71.3 Å². The molecule has 13 nitrogen and oxygen atoms in total. The molecule has 0 aliphatic carbocycles. The minimum atomic E-state index is -1.61. The monoisotopic (exact) mass is 490 g/mol. The third-order valence-corrected chi connectivity index (χ3v) is 5.35. The Bertz CT molecular complexity index is 949. The Hall–Kier alpha value is -4.00. The summed E-state index contributed by atoms with van der Waals surface area (Å²) in [4.78, 5) is 72.6. The summed E-state index contributed by atoms with van der Waals surface area (Å²) in [7, 11) is 0. The van der Waals surface area contributed by atoms with Crippen LogP contribution in [0.3, 0.4) is 0 Å². The van der Waals surface area contributed by atoms with Crippen molar-refractivity contribution in [3.8, 4) is 0 Å². The summed E-state index contributed by atoms with van der Waals surface area (Å²) < 4.78 is 0. The van der Waals surface area contributed by atoms with Gasteiger partial charge in [0.25, 0.3) is 0 Å². The van der Waals surface area contributed by atoms with E-state index in [0.717, 1.165) is 6.42 Å². The molecule has 1 aliphatic heterocycles. The van der Waals surface area contributed by atoms with E-state index >= 15 is 0 Å². The van der Waals surface area contributed by atoms with Gasteiger partial charge in [0.2, 0.25) is 29.5 Å². The average Bonchev–Trinajstić information content (AvgIpc) is 3.33. The van der Waals surface area contributed by atoms with Gasteiger partial charge < -0.3 is 37.8 Å². The molecule has 0 spiro atoms. The highest BCUT2D eigenvalue weighted by molar-refractivity contribution is 5.96. The van der Waals surface area contributed by atoms with Crippen LogP contribution in [0, 0.1) is 0 Å². The van der Waals surface area contributed by atoms with E-state index in [0.29, 0.717) is 18.5 Å². The van der Waals surface area contributed by atoms with Crippen LogP contribution in [0.4, 0.5) is 0 Å². The molecule has 13 heteroatoms. The highest BCUT2D eigenvalue weighted by Gasteiger charge is 2.32. The summed E-state index contributed by atoms with van der Waals surface area (Å²) in [5.41, 5.74) is 10.9. The van der Waals surface area contributed by atoms with Gasteiger partial charge in [-0.05, 0) is 24.9 Å². The number of amides is 5. The van der Waals surface area contributed by atoms with Gasteiger partial charge in [0.05, 0.1) is 18.9 Å². The van der Waals surface area contributed by atoms with Gasteiger partial charge >= 0.3 is 5.97 Å². The zero-order valence-electron chi connectivity index (χ0n) is 19.0. The van der Waals surface area contributed by atoms with Crippen LogP contribution in [-0.2, 0) is 35.2 Å². The largest absolute Gasteiger partial charge is 0.480 e. The lowest BCUT2D eigenvalue weighted by Gasteiger charge is -2.24. The molecular formula is C22H30N6O7. The normalized spacial score (nSPS) is 17.4. The molecule has 0 aromatic heterocycles. The smallest absolute Gasteiger partial charge is 0.326 e. The van der Waals surface area contributed by atoms with Crippen molar-refractivity contribution >= 4 is 35.5 Å². The zero-order chi connectivity index (χ0) is 26.0. The van der Waals surface area contributed by atoms with Crippen molar-refractivity contribution in [3.05, 3.63) is 35.9 Å². The Kier molecular flexibility index (Phi) is 10.1. The number of hydrogen-bond donors (Lipinski definition) is 7. The maximum Gasteiger partial charge on any atom is 0.326 e. The molecule has 1 heterocycles. The number of nitrogens with two attached hydrogens (primary N) is 2. The maximum absolute atomic E-state index is 13.0. The predicted molar refractivity (Wildman–Crippen MR) is 122 cm³/mol. The van der Waals surface area contributed by atoms with Crippen LogP contribution < -0.4 is 32.7 Å². The number of benzene rings is 1. The van der Waals surface area contributed by atoms with Gasteiger partial charge in [-0.3, -0.25) is 24.0 Å². The number of nitrogens with one attached hydrogen (secondary N) is 4. The fourth-order valence-corrected chi connectivity index (χ4v) is 3.60. The van der Waals surface area contributed by atoms with E-state index in [2.05, 4.69) is 21.3 Å². The van der Waals surface area contributed by atoms with Gasteiger partial charge in [-0.2, -0.15) is 0 Å².